The fourth-order valence-corrected chi connectivity index (χ4v) is 2.88. The molecular weight excluding hydrogens is 359 g/mol. The molecule has 4 nitrogen and oxygen atoms in total. The monoisotopic (exact) mass is 374 g/mol. The Balaban J connectivity index is 1.84. The van der Waals surface area contributed by atoms with Crippen molar-refractivity contribution in [3.8, 4) is 0 Å². The second-order valence-electron chi connectivity index (χ2n) is 5.60. The minimum Gasteiger partial charge on any atom is -0.345 e. The summed E-state index contributed by atoms with van der Waals surface area (Å²) in [5, 5.41) is 1.10. The molecule has 0 aliphatic heterocycles. The number of benzene rings is 2. The van der Waals surface area contributed by atoms with Crippen LogP contribution in [0.2, 0.25) is 10.0 Å². The summed E-state index contributed by atoms with van der Waals surface area (Å²) in [4.78, 5) is 16.8. The van der Waals surface area contributed by atoms with E-state index in [2.05, 4.69) is 4.98 Å². The smallest absolute Gasteiger partial charge is 0.212 e. The number of halogens is 2. The number of aryl methyl sites for hydroxylation is 1. The van der Waals surface area contributed by atoms with Crippen LogP contribution in [0.25, 0.3) is 0 Å². The first-order valence-corrected chi connectivity index (χ1v) is 8.44. The van der Waals surface area contributed by atoms with Crippen LogP contribution in [0.15, 0.2) is 61.2 Å². The zero-order chi connectivity index (χ0) is 17.8. The third-order valence-electron chi connectivity index (χ3n) is 3.80. The summed E-state index contributed by atoms with van der Waals surface area (Å²) in [6.07, 6.45) is 4.03. The fraction of sp³-hybridized carbons (Fsp3) is 0.158. The quantitative estimate of drug-likeness (QED) is 0.564. The average molecular weight is 375 g/mol. The molecule has 1 unspecified atom stereocenters. The number of imidazole rings is 1. The first-order valence-electron chi connectivity index (χ1n) is 7.69. The van der Waals surface area contributed by atoms with Crippen molar-refractivity contribution in [1.29, 1.82) is 0 Å². The van der Waals surface area contributed by atoms with E-state index in [4.69, 9.17) is 27.9 Å². The number of carbonyl (C=O) groups excluding carboxylic acids is 1. The molecule has 0 aliphatic rings. The van der Waals surface area contributed by atoms with Gasteiger partial charge in [-0.3, -0.25) is 4.79 Å². The van der Waals surface area contributed by atoms with Crippen LogP contribution in [0.5, 0.6) is 0 Å². The lowest BCUT2D eigenvalue weighted by molar-refractivity contribution is 0.000850. The second-order valence-corrected chi connectivity index (χ2v) is 6.41. The largest absolute Gasteiger partial charge is 0.345 e. The van der Waals surface area contributed by atoms with Crippen LogP contribution < -0.4 is 0 Å². The summed E-state index contributed by atoms with van der Waals surface area (Å²) in [5.74, 6) is -0.152. The molecule has 2 aromatic carbocycles. The van der Waals surface area contributed by atoms with Crippen LogP contribution in [0.1, 0.15) is 27.7 Å². The molecule has 3 aromatic rings. The average Bonchev–Trinajstić information content (AvgIpc) is 3.14. The molecule has 128 valence electrons. The van der Waals surface area contributed by atoms with E-state index in [0.29, 0.717) is 15.6 Å². The number of carbonyl (C=O) groups is 1. The van der Waals surface area contributed by atoms with Gasteiger partial charge in [-0.2, -0.15) is 0 Å². The van der Waals surface area contributed by atoms with E-state index in [1.165, 1.54) is 0 Å². The highest BCUT2D eigenvalue weighted by Crippen LogP contribution is 2.27. The van der Waals surface area contributed by atoms with Gasteiger partial charge in [0.15, 0.2) is 6.23 Å². The van der Waals surface area contributed by atoms with Gasteiger partial charge in [0, 0.05) is 28.0 Å². The summed E-state index contributed by atoms with van der Waals surface area (Å²) in [6.45, 7) is 2.07. The van der Waals surface area contributed by atoms with Crippen LogP contribution in [-0.4, -0.2) is 15.3 Å². The Hall–Kier alpha value is -2.14. The lowest BCUT2D eigenvalue weighted by atomic mass is 10.1. The van der Waals surface area contributed by atoms with E-state index >= 15 is 0 Å². The van der Waals surface area contributed by atoms with E-state index in [1.54, 1.807) is 41.5 Å². The molecule has 0 aliphatic carbocycles. The number of rotatable bonds is 6. The molecule has 25 heavy (non-hydrogen) atoms. The van der Waals surface area contributed by atoms with Crippen LogP contribution in [0.3, 0.4) is 0 Å². The predicted molar refractivity (Wildman–Crippen MR) is 98.0 cm³/mol. The number of nitrogens with zero attached hydrogens (tertiary/aromatic N) is 2. The van der Waals surface area contributed by atoms with E-state index in [9.17, 15) is 4.79 Å². The number of hydrogen-bond donors (Lipinski definition) is 0. The molecule has 0 bridgehead atoms. The molecule has 0 N–H and O–H groups in total. The predicted octanol–water partition coefficient (Wildman–Crippen LogP) is 5.10. The molecule has 3 rings (SSSR count). The number of aromatic nitrogens is 2. The van der Waals surface area contributed by atoms with Crippen LogP contribution in [-0.2, 0) is 11.3 Å². The first kappa shape index (κ1) is 17.7. The highest BCUT2D eigenvalue weighted by atomic mass is 35.5. The third-order valence-corrected chi connectivity index (χ3v) is 4.56. The van der Waals surface area contributed by atoms with Crippen LogP contribution in [0.4, 0.5) is 0 Å². The van der Waals surface area contributed by atoms with Crippen molar-refractivity contribution in [2.24, 2.45) is 0 Å². The molecule has 1 heterocycles. The van der Waals surface area contributed by atoms with Crippen molar-refractivity contribution in [2.75, 3.05) is 0 Å². The molecule has 6 heteroatoms. The zero-order valence-electron chi connectivity index (χ0n) is 13.5. The molecular formula is C19H16Cl2N2O2. The second kappa shape index (κ2) is 7.83. The fourth-order valence-electron chi connectivity index (χ4n) is 2.45. The Morgan fingerprint density at radius 2 is 1.96 bits per heavy atom. The van der Waals surface area contributed by atoms with Crippen molar-refractivity contribution in [3.05, 3.63) is 87.9 Å². The summed E-state index contributed by atoms with van der Waals surface area (Å²) in [6, 6.07) is 12.6. The Morgan fingerprint density at radius 3 is 2.64 bits per heavy atom. The van der Waals surface area contributed by atoms with Crippen molar-refractivity contribution < 1.29 is 9.53 Å². The van der Waals surface area contributed by atoms with Crippen LogP contribution >= 0.6 is 23.2 Å². The number of Topliss-reactive ketones (excluding diaryl/α,β-unsaturated/α-hetero) is 1. The minimum absolute atomic E-state index is 0.152. The number of hydrogen-bond acceptors (Lipinski definition) is 3. The maximum absolute atomic E-state index is 12.8. The SMILES string of the molecule is Cc1cc(COC(C(=O)c2ccccc2)n2ccnc2)c(Cl)cc1Cl. The lowest BCUT2D eigenvalue weighted by Gasteiger charge is -2.19. The van der Waals surface area contributed by atoms with Gasteiger partial charge in [0.25, 0.3) is 0 Å². The summed E-state index contributed by atoms with van der Waals surface area (Å²) >= 11 is 12.3. The van der Waals surface area contributed by atoms with E-state index in [0.717, 1.165) is 11.1 Å². The van der Waals surface area contributed by atoms with E-state index in [-0.39, 0.29) is 12.4 Å². The van der Waals surface area contributed by atoms with Gasteiger partial charge in [0.05, 0.1) is 12.9 Å². The van der Waals surface area contributed by atoms with Crippen molar-refractivity contribution in [3.63, 3.8) is 0 Å². The zero-order valence-corrected chi connectivity index (χ0v) is 15.0. The summed E-state index contributed by atoms with van der Waals surface area (Å²) in [7, 11) is 0. The Bertz CT molecular complexity index is 865. The third kappa shape index (κ3) is 4.10. The van der Waals surface area contributed by atoms with Gasteiger partial charge in [-0.15, -0.1) is 0 Å². The highest BCUT2D eigenvalue weighted by Gasteiger charge is 2.22. The van der Waals surface area contributed by atoms with Crippen molar-refractivity contribution in [1.82, 2.24) is 9.55 Å². The van der Waals surface area contributed by atoms with Crippen molar-refractivity contribution >= 4 is 29.0 Å². The maximum Gasteiger partial charge on any atom is 0.212 e. The molecule has 0 fully saturated rings. The van der Waals surface area contributed by atoms with E-state index < -0.39 is 6.23 Å². The van der Waals surface area contributed by atoms with Gasteiger partial charge in [0.2, 0.25) is 5.78 Å². The number of ketones is 1. The van der Waals surface area contributed by atoms with Gasteiger partial charge < -0.3 is 9.30 Å². The highest BCUT2D eigenvalue weighted by molar-refractivity contribution is 6.35. The van der Waals surface area contributed by atoms with Gasteiger partial charge in [-0.05, 0) is 24.1 Å². The van der Waals surface area contributed by atoms with E-state index in [1.807, 2.05) is 31.2 Å². The van der Waals surface area contributed by atoms with Gasteiger partial charge in [-0.25, -0.2) is 4.98 Å². The summed E-state index contributed by atoms with van der Waals surface area (Å²) in [5.41, 5.74) is 2.24. The topological polar surface area (TPSA) is 44.1 Å². The minimum atomic E-state index is -0.822. The molecule has 0 saturated heterocycles. The van der Waals surface area contributed by atoms with Gasteiger partial charge in [-0.1, -0.05) is 59.6 Å². The molecule has 0 radical (unpaired) electrons. The Morgan fingerprint density at radius 1 is 1.20 bits per heavy atom. The van der Waals surface area contributed by atoms with Gasteiger partial charge >= 0.3 is 0 Å². The Labute approximate surface area is 156 Å². The number of ether oxygens (including phenoxy) is 1. The first-order chi connectivity index (χ1) is 12.1. The maximum atomic E-state index is 12.8. The molecule has 1 aromatic heterocycles. The van der Waals surface area contributed by atoms with Crippen LogP contribution in [0, 0.1) is 6.92 Å². The lowest BCUT2D eigenvalue weighted by Crippen LogP contribution is -2.22. The van der Waals surface area contributed by atoms with Gasteiger partial charge in [0.1, 0.15) is 0 Å². The molecule has 1 atom stereocenters. The molecule has 0 amide bonds. The standard InChI is InChI=1S/C19H16Cl2N2O2/c1-13-9-15(17(21)10-16(13)20)11-25-19(23-8-7-22-12-23)18(24)14-5-3-2-4-6-14/h2-10,12,19H,11H2,1H3. The molecule has 0 spiro atoms. The molecule has 0 saturated carbocycles. The Kier molecular flexibility index (Phi) is 5.53. The normalized spacial score (nSPS) is 12.1. The summed E-state index contributed by atoms with van der Waals surface area (Å²) < 4.78 is 7.54. The van der Waals surface area contributed by atoms with Crippen molar-refractivity contribution in [2.45, 2.75) is 19.8 Å².